The highest BCUT2D eigenvalue weighted by molar-refractivity contribution is 5.83. The van der Waals surface area contributed by atoms with Crippen LogP contribution in [-0.2, 0) is 17.8 Å². The Morgan fingerprint density at radius 2 is 2.00 bits per heavy atom. The van der Waals surface area contributed by atoms with E-state index in [4.69, 9.17) is 9.72 Å². The molecule has 3 aliphatic rings. The molecular formula is C29H36N6O2. The van der Waals surface area contributed by atoms with Gasteiger partial charge in [-0.3, -0.25) is 4.79 Å². The van der Waals surface area contributed by atoms with Crippen molar-refractivity contribution in [2.75, 3.05) is 57.1 Å². The molecule has 0 bridgehead atoms. The summed E-state index contributed by atoms with van der Waals surface area (Å²) in [6.45, 7) is 5.81. The van der Waals surface area contributed by atoms with Gasteiger partial charge in [-0.25, -0.2) is 9.97 Å². The lowest BCUT2D eigenvalue weighted by Gasteiger charge is -2.36. The van der Waals surface area contributed by atoms with Gasteiger partial charge in [0.05, 0.1) is 18.3 Å². The fourth-order valence-electron chi connectivity index (χ4n) is 6.04. The van der Waals surface area contributed by atoms with Gasteiger partial charge in [0.1, 0.15) is 5.75 Å². The summed E-state index contributed by atoms with van der Waals surface area (Å²) in [7, 11) is 3.86. The van der Waals surface area contributed by atoms with Gasteiger partial charge in [-0.2, -0.15) is 0 Å². The Balaban J connectivity index is 1.21. The molecule has 1 atom stereocenters. The van der Waals surface area contributed by atoms with Crippen molar-refractivity contribution in [3.63, 3.8) is 0 Å². The van der Waals surface area contributed by atoms with Crippen LogP contribution < -0.4 is 15.0 Å². The standard InChI is InChI=1S/C29H36N6O2/c1-33-12-9-21-14-27(37-2)26(13-23(21)19-33)32-29-30-16-22-7-8-24(15-25(22)31-29)34-10-3-5-20(17-34)18-35-11-4-6-28(35)36/h7-8,13-16,20H,3-6,9-12,17-19H2,1-2H3,(H,30,31,32). The summed E-state index contributed by atoms with van der Waals surface area (Å²) in [6, 6.07) is 10.8. The lowest BCUT2D eigenvalue weighted by atomic mass is 9.97. The third-order valence-corrected chi connectivity index (χ3v) is 8.07. The van der Waals surface area contributed by atoms with E-state index in [1.165, 1.54) is 23.2 Å². The number of rotatable bonds is 6. The molecule has 6 rings (SSSR count). The lowest BCUT2D eigenvalue weighted by Crippen LogP contribution is -2.41. The highest BCUT2D eigenvalue weighted by atomic mass is 16.5. The number of nitrogens with zero attached hydrogens (tertiary/aromatic N) is 5. The topological polar surface area (TPSA) is 73.8 Å². The number of methoxy groups -OCH3 is 1. The summed E-state index contributed by atoms with van der Waals surface area (Å²) in [4.78, 5) is 28.4. The fraction of sp³-hybridized carbons (Fsp3) is 0.483. The molecule has 4 heterocycles. The van der Waals surface area contributed by atoms with Crippen molar-refractivity contribution in [3.05, 3.63) is 47.7 Å². The number of hydrogen-bond donors (Lipinski definition) is 1. The first-order valence-corrected chi connectivity index (χ1v) is 13.5. The number of likely N-dealkylation sites (N-methyl/N-ethyl adjacent to an activating group) is 1. The van der Waals surface area contributed by atoms with E-state index in [1.54, 1.807) is 7.11 Å². The van der Waals surface area contributed by atoms with Crippen molar-refractivity contribution < 1.29 is 9.53 Å². The number of hydrogen-bond acceptors (Lipinski definition) is 7. The number of aromatic nitrogens is 2. The molecule has 1 unspecified atom stereocenters. The van der Waals surface area contributed by atoms with Crippen LogP contribution in [0.2, 0.25) is 0 Å². The number of nitrogens with one attached hydrogen (secondary N) is 1. The number of anilines is 3. The predicted octanol–water partition coefficient (Wildman–Crippen LogP) is 4.21. The van der Waals surface area contributed by atoms with Gasteiger partial charge < -0.3 is 24.8 Å². The van der Waals surface area contributed by atoms with Crippen LogP contribution in [0.15, 0.2) is 36.5 Å². The van der Waals surface area contributed by atoms with Crippen LogP contribution in [-0.4, -0.2) is 72.6 Å². The highest BCUT2D eigenvalue weighted by Crippen LogP contribution is 2.33. The van der Waals surface area contributed by atoms with Crippen molar-refractivity contribution >= 4 is 34.1 Å². The second-order valence-corrected chi connectivity index (χ2v) is 10.8. The molecule has 0 spiro atoms. The van der Waals surface area contributed by atoms with E-state index in [0.717, 1.165) is 80.9 Å². The van der Waals surface area contributed by atoms with Crippen LogP contribution in [0, 0.1) is 5.92 Å². The van der Waals surface area contributed by atoms with Gasteiger partial charge >= 0.3 is 0 Å². The van der Waals surface area contributed by atoms with E-state index in [-0.39, 0.29) is 0 Å². The Morgan fingerprint density at radius 3 is 2.84 bits per heavy atom. The van der Waals surface area contributed by atoms with Crippen LogP contribution in [0.1, 0.15) is 36.8 Å². The van der Waals surface area contributed by atoms with Gasteiger partial charge in [0.15, 0.2) is 0 Å². The molecule has 3 aliphatic heterocycles. The molecule has 1 aromatic heterocycles. The molecule has 1 N–H and O–H groups in total. The zero-order valence-electron chi connectivity index (χ0n) is 21.9. The molecule has 3 aromatic rings. The Labute approximate surface area is 218 Å². The van der Waals surface area contributed by atoms with Crippen molar-refractivity contribution in [3.8, 4) is 5.75 Å². The van der Waals surface area contributed by atoms with Crippen LogP contribution >= 0.6 is 0 Å². The Bertz CT molecular complexity index is 1310. The first-order chi connectivity index (χ1) is 18.1. The second kappa shape index (κ2) is 10.2. The van der Waals surface area contributed by atoms with Gasteiger partial charge in [-0.15, -0.1) is 0 Å². The minimum absolute atomic E-state index is 0.321. The second-order valence-electron chi connectivity index (χ2n) is 10.8. The number of carbonyl (C=O) groups is 1. The molecule has 8 heteroatoms. The molecular weight excluding hydrogens is 464 g/mol. The molecule has 2 fully saturated rings. The Hall–Kier alpha value is -3.39. The van der Waals surface area contributed by atoms with E-state index in [0.29, 0.717) is 24.2 Å². The van der Waals surface area contributed by atoms with E-state index in [9.17, 15) is 4.79 Å². The summed E-state index contributed by atoms with van der Waals surface area (Å²) < 4.78 is 5.70. The maximum Gasteiger partial charge on any atom is 0.227 e. The summed E-state index contributed by atoms with van der Waals surface area (Å²) in [5, 5.41) is 4.43. The number of amides is 1. The minimum atomic E-state index is 0.321. The van der Waals surface area contributed by atoms with Gasteiger partial charge in [0, 0.05) is 63.0 Å². The quantitative estimate of drug-likeness (QED) is 0.544. The SMILES string of the molecule is COc1cc2c(cc1Nc1ncc3ccc(N4CCCC(CN5CCCC5=O)C4)cc3n1)CN(C)CC2. The number of likely N-dealkylation sites (tertiary alicyclic amines) is 1. The third-order valence-electron chi connectivity index (χ3n) is 8.07. The smallest absolute Gasteiger partial charge is 0.227 e. The number of ether oxygens (including phenoxy) is 1. The van der Waals surface area contributed by atoms with Crippen LogP contribution in [0.4, 0.5) is 17.3 Å². The Morgan fingerprint density at radius 1 is 1.08 bits per heavy atom. The van der Waals surface area contributed by atoms with Gasteiger partial charge in [0.25, 0.3) is 0 Å². The average Bonchev–Trinajstić information content (AvgIpc) is 3.32. The maximum atomic E-state index is 12.1. The van der Waals surface area contributed by atoms with Crippen molar-refractivity contribution in [1.29, 1.82) is 0 Å². The third kappa shape index (κ3) is 5.07. The van der Waals surface area contributed by atoms with Crippen LogP contribution in [0.5, 0.6) is 5.75 Å². The fourth-order valence-corrected chi connectivity index (χ4v) is 6.04. The number of benzene rings is 2. The average molecular weight is 501 g/mol. The molecule has 1 amide bonds. The van der Waals surface area contributed by atoms with E-state index in [2.05, 4.69) is 62.4 Å². The van der Waals surface area contributed by atoms with Crippen molar-refractivity contribution in [1.82, 2.24) is 19.8 Å². The van der Waals surface area contributed by atoms with Gasteiger partial charge in [-0.05, 0) is 80.1 Å². The largest absolute Gasteiger partial charge is 0.495 e. The number of piperidine rings is 1. The van der Waals surface area contributed by atoms with Crippen LogP contribution in [0.3, 0.4) is 0 Å². The molecule has 194 valence electrons. The van der Waals surface area contributed by atoms with Crippen molar-refractivity contribution in [2.45, 2.75) is 38.6 Å². The molecule has 2 saturated heterocycles. The molecule has 8 nitrogen and oxygen atoms in total. The first-order valence-electron chi connectivity index (χ1n) is 13.5. The number of fused-ring (bicyclic) bond motifs is 2. The summed E-state index contributed by atoms with van der Waals surface area (Å²) in [5.41, 5.74) is 5.66. The summed E-state index contributed by atoms with van der Waals surface area (Å²) >= 11 is 0. The van der Waals surface area contributed by atoms with E-state index < -0.39 is 0 Å². The molecule has 0 radical (unpaired) electrons. The van der Waals surface area contributed by atoms with E-state index in [1.807, 2.05) is 6.20 Å². The minimum Gasteiger partial charge on any atom is -0.495 e. The molecule has 0 aliphatic carbocycles. The first kappa shape index (κ1) is 24.0. The zero-order chi connectivity index (χ0) is 25.4. The zero-order valence-corrected chi connectivity index (χ0v) is 21.9. The van der Waals surface area contributed by atoms with Crippen molar-refractivity contribution in [2.24, 2.45) is 5.92 Å². The van der Waals surface area contributed by atoms with Crippen LogP contribution in [0.25, 0.3) is 10.9 Å². The molecule has 0 saturated carbocycles. The normalized spacial score (nSPS) is 20.4. The molecule has 2 aromatic carbocycles. The van der Waals surface area contributed by atoms with E-state index >= 15 is 0 Å². The van der Waals surface area contributed by atoms with Gasteiger partial charge in [0.2, 0.25) is 11.9 Å². The lowest BCUT2D eigenvalue weighted by molar-refractivity contribution is -0.128. The van der Waals surface area contributed by atoms with Gasteiger partial charge in [-0.1, -0.05) is 0 Å². The summed E-state index contributed by atoms with van der Waals surface area (Å²) in [5.74, 6) is 2.22. The summed E-state index contributed by atoms with van der Waals surface area (Å²) in [6.07, 6.45) is 6.96. The number of carbonyl (C=O) groups excluding carboxylic acids is 1. The Kier molecular flexibility index (Phi) is 6.59. The molecule has 37 heavy (non-hydrogen) atoms. The highest BCUT2D eigenvalue weighted by Gasteiger charge is 2.27. The maximum absolute atomic E-state index is 12.1. The monoisotopic (exact) mass is 500 g/mol. The predicted molar refractivity (Wildman–Crippen MR) is 147 cm³/mol.